The van der Waals surface area contributed by atoms with Gasteiger partial charge in [-0.3, -0.25) is 0 Å². The Kier molecular flexibility index (Phi) is 2.56. The molecule has 0 saturated carbocycles. The van der Waals surface area contributed by atoms with Crippen molar-refractivity contribution in [3.63, 3.8) is 0 Å². The molecule has 0 radical (unpaired) electrons. The van der Waals surface area contributed by atoms with Gasteiger partial charge in [0.2, 0.25) is 0 Å². The zero-order valence-corrected chi connectivity index (χ0v) is 8.92. The van der Waals surface area contributed by atoms with Gasteiger partial charge in [-0.2, -0.15) is 0 Å². The number of nitrogens with zero attached hydrogens (tertiary/aromatic N) is 1. The number of aryl methyl sites for hydroxylation is 2. The Balaban J connectivity index is 2.05. The van der Waals surface area contributed by atoms with Crippen molar-refractivity contribution in [2.24, 2.45) is 0 Å². The van der Waals surface area contributed by atoms with Crippen molar-refractivity contribution in [2.75, 3.05) is 13.1 Å². The molecule has 1 unspecified atom stereocenters. The van der Waals surface area contributed by atoms with Gasteiger partial charge in [-0.15, -0.1) is 0 Å². The van der Waals surface area contributed by atoms with Crippen LogP contribution in [0.1, 0.15) is 30.0 Å². The van der Waals surface area contributed by atoms with Gasteiger partial charge in [-0.05, 0) is 20.8 Å². The van der Waals surface area contributed by atoms with E-state index in [2.05, 4.69) is 22.7 Å². The van der Waals surface area contributed by atoms with Crippen LogP contribution in [0.4, 0.5) is 0 Å². The zero-order chi connectivity index (χ0) is 10.1. The van der Waals surface area contributed by atoms with Crippen molar-refractivity contribution >= 4 is 0 Å². The van der Waals surface area contributed by atoms with E-state index in [4.69, 9.17) is 4.52 Å². The average molecular weight is 195 g/mol. The summed E-state index contributed by atoms with van der Waals surface area (Å²) in [7, 11) is 0. The highest BCUT2D eigenvalue weighted by Crippen LogP contribution is 2.21. The normalized spacial score (nSPS) is 19.4. The van der Waals surface area contributed by atoms with E-state index >= 15 is 0 Å². The molecule has 1 atom stereocenters. The van der Waals surface area contributed by atoms with Crippen molar-refractivity contribution in [2.45, 2.75) is 32.9 Å². The maximum absolute atomic E-state index is 5.14. The lowest BCUT2D eigenvalue weighted by molar-refractivity contribution is 0.335. The summed E-state index contributed by atoms with van der Waals surface area (Å²) < 4.78 is 5.14. The summed E-state index contributed by atoms with van der Waals surface area (Å²) in [5, 5.41) is 10.7. The van der Waals surface area contributed by atoms with Gasteiger partial charge in [0.1, 0.15) is 5.76 Å². The Hall–Kier alpha value is -0.870. The fourth-order valence-corrected chi connectivity index (χ4v) is 1.95. The molecule has 4 heteroatoms. The predicted octanol–water partition coefficient (Wildman–Crippen LogP) is 0.914. The summed E-state index contributed by atoms with van der Waals surface area (Å²) in [5.41, 5.74) is 2.20. The molecule has 2 heterocycles. The lowest BCUT2D eigenvalue weighted by atomic mass is 10.0. The summed E-state index contributed by atoms with van der Waals surface area (Å²) >= 11 is 0. The van der Waals surface area contributed by atoms with Crippen LogP contribution < -0.4 is 10.6 Å². The molecule has 1 aromatic heterocycles. The summed E-state index contributed by atoms with van der Waals surface area (Å²) in [6.45, 7) is 8.24. The van der Waals surface area contributed by atoms with Gasteiger partial charge >= 0.3 is 0 Å². The molecule has 14 heavy (non-hydrogen) atoms. The number of hydrogen-bond acceptors (Lipinski definition) is 4. The summed E-state index contributed by atoms with van der Waals surface area (Å²) in [6.07, 6.45) is 0. The van der Waals surface area contributed by atoms with E-state index in [0.29, 0.717) is 12.1 Å². The second-order valence-corrected chi connectivity index (χ2v) is 3.98. The first kappa shape index (κ1) is 9.68. The fourth-order valence-electron chi connectivity index (χ4n) is 1.95. The monoisotopic (exact) mass is 195 g/mol. The smallest absolute Gasteiger partial charge is 0.138 e. The maximum atomic E-state index is 5.14. The highest BCUT2D eigenvalue weighted by molar-refractivity contribution is 5.24. The zero-order valence-electron chi connectivity index (χ0n) is 8.92. The first-order valence-electron chi connectivity index (χ1n) is 5.08. The maximum Gasteiger partial charge on any atom is 0.138 e. The van der Waals surface area contributed by atoms with E-state index < -0.39 is 0 Å². The molecule has 0 spiro atoms. The highest BCUT2D eigenvalue weighted by atomic mass is 16.5. The minimum atomic E-state index is 0.327. The van der Waals surface area contributed by atoms with Crippen LogP contribution >= 0.6 is 0 Å². The van der Waals surface area contributed by atoms with Crippen molar-refractivity contribution in [1.29, 1.82) is 0 Å². The van der Waals surface area contributed by atoms with Crippen LogP contribution in [0.2, 0.25) is 0 Å². The largest absolute Gasteiger partial charge is 0.361 e. The van der Waals surface area contributed by atoms with Gasteiger partial charge in [0, 0.05) is 30.7 Å². The molecule has 1 aromatic rings. The summed E-state index contributed by atoms with van der Waals surface area (Å²) in [5.74, 6) is 0.926. The Labute approximate surface area is 84.0 Å². The van der Waals surface area contributed by atoms with Crippen LogP contribution in [-0.4, -0.2) is 24.3 Å². The number of rotatable bonds is 3. The van der Waals surface area contributed by atoms with E-state index in [1.165, 1.54) is 5.56 Å². The second kappa shape index (κ2) is 3.71. The standard InChI is InChI=1S/C10H17N3O/c1-6(12-9-4-11-5-9)10-7(2)13-14-8(10)3/h6,9,11-12H,4-5H2,1-3H3. The Morgan fingerprint density at radius 3 is 2.64 bits per heavy atom. The van der Waals surface area contributed by atoms with E-state index in [-0.39, 0.29) is 0 Å². The molecule has 0 aromatic carbocycles. The molecule has 0 bridgehead atoms. The molecule has 0 aliphatic carbocycles. The van der Waals surface area contributed by atoms with Crippen LogP contribution in [0.15, 0.2) is 4.52 Å². The highest BCUT2D eigenvalue weighted by Gasteiger charge is 2.22. The molecule has 0 amide bonds. The SMILES string of the molecule is Cc1noc(C)c1C(C)NC1CNC1. The average Bonchev–Trinajstić information content (AvgIpc) is 2.39. The minimum absolute atomic E-state index is 0.327. The fraction of sp³-hybridized carbons (Fsp3) is 0.700. The number of aromatic nitrogens is 1. The summed E-state index contributed by atoms with van der Waals surface area (Å²) in [6, 6.07) is 0.923. The van der Waals surface area contributed by atoms with Crippen LogP contribution in [0, 0.1) is 13.8 Å². The quantitative estimate of drug-likeness (QED) is 0.753. The topological polar surface area (TPSA) is 50.1 Å². The predicted molar refractivity (Wildman–Crippen MR) is 54.2 cm³/mol. The molecule has 1 aliphatic rings. The van der Waals surface area contributed by atoms with E-state index in [0.717, 1.165) is 24.5 Å². The van der Waals surface area contributed by atoms with Gasteiger partial charge in [-0.25, -0.2) is 0 Å². The molecule has 1 fully saturated rings. The molecule has 4 nitrogen and oxygen atoms in total. The lowest BCUT2D eigenvalue weighted by Gasteiger charge is -2.31. The summed E-state index contributed by atoms with van der Waals surface area (Å²) in [4.78, 5) is 0. The van der Waals surface area contributed by atoms with Gasteiger partial charge in [-0.1, -0.05) is 5.16 Å². The third-order valence-electron chi connectivity index (χ3n) is 2.79. The molecule has 78 valence electrons. The van der Waals surface area contributed by atoms with Gasteiger partial charge in [0.25, 0.3) is 0 Å². The molecular formula is C10H17N3O. The van der Waals surface area contributed by atoms with Crippen LogP contribution in [0.3, 0.4) is 0 Å². The second-order valence-electron chi connectivity index (χ2n) is 3.98. The van der Waals surface area contributed by atoms with Crippen molar-refractivity contribution in [3.05, 3.63) is 17.0 Å². The third-order valence-corrected chi connectivity index (χ3v) is 2.79. The third kappa shape index (κ3) is 1.67. The first-order chi connectivity index (χ1) is 6.68. The van der Waals surface area contributed by atoms with E-state index in [1.807, 2.05) is 13.8 Å². The van der Waals surface area contributed by atoms with Gasteiger partial charge in [0.15, 0.2) is 0 Å². The molecular weight excluding hydrogens is 178 g/mol. The van der Waals surface area contributed by atoms with Crippen LogP contribution in [0.5, 0.6) is 0 Å². The Morgan fingerprint density at radius 1 is 1.50 bits per heavy atom. The van der Waals surface area contributed by atoms with Gasteiger partial charge in [0.05, 0.1) is 5.69 Å². The number of nitrogens with one attached hydrogen (secondary N) is 2. The van der Waals surface area contributed by atoms with Crippen molar-refractivity contribution in [1.82, 2.24) is 15.8 Å². The lowest BCUT2D eigenvalue weighted by Crippen LogP contribution is -2.55. The molecule has 2 N–H and O–H groups in total. The first-order valence-corrected chi connectivity index (χ1v) is 5.08. The van der Waals surface area contributed by atoms with Crippen molar-refractivity contribution in [3.8, 4) is 0 Å². The Morgan fingerprint density at radius 2 is 2.21 bits per heavy atom. The van der Waals surface area contributed by atoms with Crippen LogP contribution in [0.25, 0.3) is 0 Å². The van der Waals surface area contributed by atoms with Crippen LogP contribution in [-0.2, 0) is 0 Å². The number of hydrogen-bond donors (Lipinski definition) is 2. The van der Waals surface area contributed by atoms with Gasteiger partial charge < -0.3 is 15.2 Å². The minimum Gasteiger partial charge on any atom is -0.361 e. The molecule has 1 aliphatic heterocycles. The van der Waals surface area contributed by atoms with E-state index in [1.54, 1.807) is 0 Å². The Bertz CT molecular complexity index is 298. The molecule has 1 saturated heterocycles. The van der Waals surface area contributed by atoms with E-state index in [9.17, 15) is 0 Å². The molecule has 2 rings (SSSR count). The van der Waals surface area contributed by atoms with Crippen molar-refractivity contribution < 1.29 is 4.52 Å².